The number of halogens is 3. The Balaban J connectivity index is 1.78. The predicted octanol–water partition coefficient (Wildman–Crippen LogP) is 3.74. The Morgan fingerprint density at radius 3 is 2.08 bits per heavy atom. The zero-order chi connectivity index (χ0) is 19.2. The molecule has 0 atom stereocenters. The van der Waals surface area contributed by atoms with Gasteiger partial charge in [0.1, 0.15) is 0 Å². The van der Waals surface area contributed by atoms with Crippen molar-refractivity contribution in [1.29, 1.82) is 0 Å². The molecule has 0 saturated heterocycles. The summed E-state index contributed by atoms with van der Waals surface area (Å²) in [7, 11) is 0. The van der Waals surface area contributed by atoms with Gasteiger partial charge in [-0.1, -0.05) is 31.2 Å². The van der Waals surface area contributed by atoms with E-state index in [2.05, 4.69) is 5.32 Å². The number of carbonyl (C=O) groups excluding carboxylic acids is 2. The number of carbonyl (C=O) groups is 2. The highest BCUT2D eigenvalue weighted by atomic mass is 19.4. The molecule has 4 nitrogen and oxygen atoms in total. The third-order valence-electron chi connectivity index (χ3n) is 3.70. The van der Waals surface area contributed by atoms with Crippen molar-refractivity contribution >= 4 is 11.9 Å². The molecule has 2 aromatic carbocycles. The van der Waals surface area contributed by atoms with Gasteiger partial charge < -0.3 is 10.1 Å². The summed E-state index contributed by atoms with van der Waals surface area (Å²) in [6, 6.07) is 11.3. The van der Waals surface area contributed by atoms with Gasteiger partial charge in [0.2, 0.25) is 0 Å². The van der Waals surface area contributed by atoms with Crippen molar-refractivity contribution in [2.24, 2.45) is 0 Å². The molecule has 0 spiro atoms. The lowest BCUT2D eigenvalue weighted by molar-refractivity contribution is -0.137. The summed E-state index contributed by atoms with van der Waals surface area (Å²) in [5, 5.41) is 2.48. The fourth-order valence-corrected chi connectivity index (χ4v) is 2.15. The average Bonchev–Trinajstić information content (AvgIpc) is 2.64. The fourth-order valence-electron chi connectivity index (χ4n) is 2.15. The lowest BCUT2D eigenvalue weighted by Gasteiger charge is -2.09. The summed E-state index contributed by atoms with van der Waals surface area (Å²) in [4.78, 5) is 23.6. The van der Waals surface area contributed by atoms with Crippen molar-refractivity contribution in [3.63, 3.8) is 0 Å². The topological polar surface area (TPSA) is 55.4 Å². The number of amides is 1. The standard InChI is InChI=1S/C19H18F3NO3/c1-2-13-3-7-15(8-4-13)18(25)26-12-17(24)23-11-14-5-9-16(10-6-14)19(20,21)22/h3-10H,2,11-12H2,1H3,(H,23,24). The summed E-state index contributed by atoms with van der Waals surface area (Å²) in [6.45, 7) is 1.57. The molecule has 0 bridgehead atoms. The maximum atomic E-state index is 12.5. The first-order chi connectivity index (χ1) is 12.3. The Kier molecular flexibility index (Phi) is 6.38. The highest BCUT2D eigenvalue weighted by molar-refractivity contribution is 5.91. The summed E-state index contributed by atoms with van der Waals surface area (Å²) < 4.78 is 42.3. The second-order valence-electron chi connectivity index (χ2n) is 5.60. The monoisotopic (exact) mass is 365 g/mol. The highest BCUT2D eigenvalue weighted by Gasteiger charge is 2.29. The molecule has 7 heteroatoms. The van der Waals surface area contributed by atoms with Gasteiger partial charge in [-0.25, -0.2) is 4.79 Å². The first kappa shape index (κ1) is 19.5. The molecular weight excluding hydrogens is 347 g/mol. The van der Waals surface area contributed by atoms with E-state index in [4.69, 9.17) is 4.74 Å². The molecule has 1 N–H and O–H groups in total. The van der Waals surface area contributed by atoms with Gasteiger partial charge >= 0.3 is 12.1 Å². The van der Waals surface area contributed by atoms with Crippen LogP contribution >= 0.6 is 0 Å². The van der Waals surface area contributed by atoms with Crippen LogP contribution < -0.4 is 5.32 Å². The molecule has 138 valence electrons. The minimum absolute atomic E-state index is 0.0414. The van der Waals surface area contributed by atoms with E-state index in [9.17, 15) is 22.8 Å². The first-order valence-corrected chi connectivity index (χ1v) is 7.98. The van der Waals surface area contributed by atoms with E-state index < -0.39 is 30.2 Å². The minimum atomic E-state index is -4.40. The van der Waals surface area contributed by atoms with Crippen LogP contribution in [-0.2, 0) is 28.7 Å². The Labute approximate surface area is 149 Å². The number of alkyl halides is 3. The molecule has 1 amide bonds. The number of rotatable bonds is 6. The van der Waals surface area contributed by atoms with E-state index in [1.54, 1.807) is 24.3 Å². The van der Waals surface area contributed by atoms with E-state index in [0.29, 0.717) is 11.1 Å². The molecule has 0 aliphatic heterocycles. The smallest absolute Gasteiger partial charge is 0.416 e. The van der Waals surface area contributed by atoms with E-state index in [-0.39, 0.29) is 6.54 Å². The lowest BCUT2D eigenvalue weighted by atomic mass is 10.1. The van der Waals surface area contributed by atoms with Crippen molar-refractivity contribution in [3.8, 4) is 0 Å². The van der Waals surface area contributed by atoms with Crippen molar-refractivity contribution < 1.29 is 27.5 Å². The number of nitrogens with one attached hydrogen (secondary N) is 1. The quantitative estimate of drug-likeness (QED) is 0.794. The molecular formula is C19H18F3NO3. The van der Waals surface area contributed by atoms with E-state index >= 15 is 0 Å². The van der Waals surface area contributed by atoms with Gasteiger partial charge in [-0.15, -0.1) is 0 Å². The molecule has 0 aromatic heterocycles. The predicted molar refractivity (Wildman–Crippen MR) is 89.4 cm³/mol. The summed E-state index contributed by atoms with van der Waals surface area (Å²) in [6.07, 6.45) is -3.55. The second kappa shape index (κ2) is 8.51. The van der Waals surface area contributed by atoms with Crippen molar-refractivity contribution in [1.82, 2.24) is 5.32 Å². The Morgan fingerprint density at radius 2 is 1.54 bits per heavy atom. The van der Waals surface area contributed by atoms with Gasteiger partial charge in [0.25, 0.3) is 5.91 Å². The van der Waals surface area contributed by atoms with Crippen LogP contribution in [0.4, 0.5) is 13.2 Å². The number of ether oxygens (including phenoxy) is 1. The van der Waals surface area contributed by atoms with Crippen molar-refractivity contribution in [2.45, 2.75) is 26.1 Å². The molecule has 26 heavy (non-hydrogen) atoms. The Bertz CT molecular complexity index is 753. The molecule has 0 radical (unpaired) electrons. The van der Waals surface area contributed by atoms with Gasteiger partial charge in [-0.3, -0.25) is 4.79 Å². The highest BCUT2D eigenvalue weighted by Crippen LogP contribution is 2.29. The molecule has 0 saturated carbocycles. The molecule has 0 aliphatic rings. The van der Waals surface area contributed by atoms with Crippen LogP contribution in [0.2, 0.25) is 0 Å². The van der Waals surface area contributed by atoms with Gasteiger partial charge in [0.15, 0.2) is 6.61 Å². The fraction of sp³-hybridized carbons (Fsp3) is 0.263. The normalized spacial score (nSPS) is 11.1. The second-order valence-corrected chi connectivity index (χ2v) is 5.60. The average molecular weight is 365 g/mol. The van der Waals surface area contributed by atoms with Crippen LogP contribution in [0.1, 0.15) is 34.0 Å². The van der Waals surface area contributed by atoms with Gasteiger partial charge in [0, 0.05) is 6.54 Å². The lowest BCUT2D eigenvalue weighted by Crippen LogP contribution is -2.28. The molecule has 0 aliphatic carbocycles. The van der Waals surface area contributed by atoms with Crippen molar-refractivity contribution in [2.75, 3.05) is 6.61 Å². The number of hydrogen-bond acceptors (Lipinski definition) is 3. The maximum absolute atomic E-state index is 12.5. The van der Waals surface area contributed by atoms with Crippen molar-refractivity contribution in [3.05, 3.63) is 70.8 Å². The van der Waals surface area contributed by atoms with Crippen LogP contribution in [0.15, 0.2) is 48.5 Å². The van der Waals surface area contributed by atoms with E-state index in [1.807, 2.05) is 6.92 Å². The zero-order valence-electron chi connectivity index (χ0n) is 14.1. The molecule has 2 rings (SSSR count). The molecule has 2 aromatic rings. The SMILES string of the molecule is CCc1ccc(C(=O)OCC(=O)NCc2ccc(C(F)(F)F)cc2)cc1. The van der Waals surface area contributed by atoms with Crippen LogP contribution in [-0.4, -0.2) is 18.5 Å². The van der Waals surface area contributed by atoms with Gasteiger partial charge in [0.05, 0.1) is 11.1 Å². The largest absolute Gasteiger partial charge is 0.452 e. The summed E-state index contributed by atoms with van der Waals surface area (Å²) in [5.74, 6) is -1.15. The first-order valence-electron chi connectivity index (χ1n) is 7.98. The molecule has 0 unspecified atom stereocenters. The van der Waals surface area contributed by atoms with E-state index in [0.717, 1.165) is 24.1 Å². The zero-order valence-corrected chi connectivity index (χ0v) is 14.1. The Morgan fingerprint density at radius 1 is 0.962 bits per heavy atom. The van der Waals surface area contributed by atoms with Crippen LogP contribution in [0.5, 0.6) is 0 Å². The van der Waals surface area contributed by atoms with Crippen LogP contribution in [0.25, 0.3) is 0 Å². The van der Waals surface area contributed by atoms with Crippen LogP contribution in [0, 0.1) is 0 Å². The molecule has 0 heterocycles. The summed E-state index contributed by atoms with van der Waals surface area (Å²) in [5.41, 5.74) is 1.18. The van der Waals surface area contributed by atoms with Crippen LogP contribution in [0.3, 0.4) is 0 Å². The number of benzene rings is 2. The number of hydrogen-bond donors (Lipinski definition) is 1. The minimum Gasteiger partial charge on any atom is -0.452 e. The van der Waals surface area contributed by atoms with E-state index in [1.165, 1.54) is 12.1 Å². The number of esters is 1. The summed E-state index contributed by atoms with van der Waals surface area (Å²) >= 11 is 0. The maximum Gasteiger partial charge on any atom is 0.416 e. The third-order valence-corrected chi connectivity index (χ3v) is 3.70. The van der Waals surface area contributed by atoms with Gasteiger partial charge in [-0.05, 0) is 41.8 Å². The van der Waals surface area contributed by atoms with Gasteiger partial charge in [-0.2, -0.15) is 13.2 Å². The Hall–Kier alpha value is -2.83. The molecule has 0 fully saturated rings. The third kappa shape index (κ3) is 5.61. The number of aryl methyl sites for hydroxylation is 1.